The number of methoxy groups -OCH3 is 3. The Hall–Kier alpha value is -1.68. The summed E-state index contributed by atoms with van der Waals surface area (Å²) >= 11 is 1.72. The molecule has 0 amide bonds. The topological polar surface area (TPSA) is 64.1 Å². The lowest BCUT2D eigenvalue weighted by atomic mass is 10.1. The molecule has 0 fully saturated rings. The third-order valence-electron chi connectivity index (χ3n) is 4.38. The summed E-state index contributed by atoms with van der Waals surface area (Å²) in [4.78, 5) is 4.30. The first-order valence-electron chi connectivity index (χ1n) is 8.89. The van der Waals surface area contributed by atoms with Crippen LogP contribution in [0, 0.1) is 0 Å². The Kier molecular flexibility index (Phi) is 11.1. The van der Waals surface area contributed by atoms with E-state index in [9.17, 15) is 0 Å². The summed E-state index contributed by atoms with van der Waals surface area (Å²) in [5, 5.41) is 11.0. The third kappa shape index (κ3) is 6.44. The number of halogens is 1. The summed E-state index contributed by atoms with van der Waals surface area (Å²) in [5.74, 6) is 3.19. The van der Waals surface area contributed by atoms with E-state index in [1.807, 2.05) is 12.1 Å². The Bertz CT molecular complexity index is 739. The molecule has 8 heteroatoms. The minimum absolute atomic E-state index is 0. The molecule has 28 heavy (non-hydrogen) atoms. The zero-order chi connectivity index (χ0) is 19.6. The van der Waals surface area contributed by atoms with Crippen LogP contribution in [0.3, 0.4) is 0 Å². The van der Waals surface area contributed by atoms with Crippen LogP contribution in [0.2, 0.25) is 0 Å². The second-order valence-corrected chi connectivity index (χ2v) is 6.86. The van der Waals surface area contributed by atoms with E-state index >= 15 is 0 Å². The van der Waals surface area contributed by atoms with Crippen molar-refractivity contribution in [2.75, 3.05) is 41.5 Å². The van der Waals surface area contributed by atoms with Crippen LogP contribution in [-0.2, 0) is 6.42 Å². The molecule has 1 heterocycles. The van der Waals surface area contributed by atoms with Gasteiger partial charge in [0.15, 0.2) is 17.5 Å². The van der Waals surface area contributed by atoms with Gasteiger partial charge in [0.25, 0.3) is 0 Å². The van der Waals surface area contributed by atoms with Crippen LogP contribution in [0.25, 0.3) is 0 Å². The monoisotopic (exact) mass is 519 g/mol. The molecular formula is C20H30IN3O3S. The molecule has 0 aliphatic heterocycles. The predicted molar refractivity (Wildman–Crippen MR) is 127 cm³/mol. The van der Waals surface area contributed by atoms with E-state index in [0.29, 0.717) is 23.2 Å². The Morgan fingerprint density at radius 3 is 2.39 bits per heavy atom. The highest BCUT2D eigenvalue weighted by atomic mass is 127. The molecule has 156 valence electrons. The summed E-state index contributed by atoms with van der Waals surface area (Å²) < 4.78 is 16.3. The number of nitrogens with zero attached hydrogens (tertiary/aromatic N) is 1. The lowest BCUT2D eigenvalue weighted by Crippen LogP contribution is -2.39. The van der Waals surface area contributed by atoms with Crippen molar-refractivity contribution in [1.82, 2.24) is 10.6 Å². The second-order valence-electron chi connectivity index (χ2n) is 6.08. The van der Waals surface area contributed by atoms with Gasteiger partial charge in [-0.3, -0.25) is 4.99 Å². The van der Waals surface area contributed by atoms with Crippen LogP contribution in [0.4, 0.5) is 0 Å². The molecule has 0 aliphatic rings. The summed E-state index contributed by atoms with van der Waals surface area (Å²) in [6.45, 7) is 3.76. The van der Waals surface area contributed by atoms with Crippen LogP contribution >= 0.6 is 35.3 Å². The van der Waals surface area contributed by atoms with Gasteiger partial charge in [0.1, 0.15) is 0 Å². The van der Waals surface area contributed by atoms with Gasteiger partial charge < -0.3 is 24.8 Å². The standard InChI is InChI=1S/C20H29N3O3S.HI/c1-14(16-9-11-27-13-16)12-23-20(21-2)22-10-8-15-6-7-17(24-3)19(26-5)18(15)25-4;/h6-7,9,11,13-14H,8,10,12H2,1-5H3,(H2,21,22,23);1H. The number of rotatable bonds is 9. The number of hydrogen-bond donors (Lipinski definition) is 2. The minimum atomic E-state index is 0. The number of aliphatic imine (C=N–C) groups is 1. The number of hydrogen-bond acceptors (Lipinski definition) is 5. The van der Waals surface area contributed by atoms with E-state index in [2.05, 4.69) is 39.4 Å². The van der Waals surface area contributed by atoms with Gasteiger partial charge in [0.05, 0.1) is 21.3 Å². The highest BCUT2D eigenvalue weighted by molar-refractivity contribution is 14.0. The normalized spacial score (nSPS) is 12.0. The lowest BCUT2D eigenvalue weighted by molar-refractivity contribution is 0.322. The molecule has 0 saturated carbocycles. The Balaban J connectivity index is 0.00000392. The number of nitrogens with one attached hydrogen (secondary N) is 2. The van der Waals surface area contributed by atoms with Gasteiger partial charge in [-0.25, -0.2) is 0 Å². The Morgan fingerprint density at radius 2 is 1.82 bits per heavy atom. The van der Waals surface area contributed by atoms with Gasteiger partial charge in [-0.2, -0.15) is 11.3 Å². The molecule has 1 atom stereocenters. The average Bonchev–Trinajstić information content (AvgIpc) is 3.24. The lowest BCUT2D eigenvalue weighted by Gasteiger charge is -2.17. The van der Waals surface area contributed by atoms with Crippen molar-refractivity contribution in [2.45, 2.75) is 19.3 Å². The highest BCUT2D eigenvalue weighted by Crippen LogP contribution is 2.39. The maximum atomic E-state index is 5.54. The molecule has 6 nitrogen and oxygen atoms in total. The third-order valence-corrected chi connectivity index (χ3v) is 5.09. The van der Waals surface area contributed by atoms with E-state index in [1.54, 1.807) is 39.7 Å². The van der Waals surface area contributed by atoms with Crippen molar-refractivity contribution in [1.29, 1.82) is 0 Å². The first-order chi connectivity index (χ1) is 13.1. The Labute approximate surface area is 188 Å². The number of guanidine groups is 1. The van der Waals surface area contributed by atoms with Crippen LogP contribution in [-0.4, -0.2) is 47.4 Å². The smallest absolute Gasteiger partial charge is 0.203 e. The SMILES string of the molecule is CN=C(NCCc1ccc(OC)c(OC)c1OC)NCC(C)c1ccsc1.I. The quantitative estimate of drug-likeness (QED) is 0.299. The van der Waals surface area contributed by atoms with Crippen molar-refractivity contribution in [3.63, 3.8) is 0 Å². The molecule has 0 spiro atoms. The Morgan fingerprint density at radius 1 is 1.07 bits per heavy atom. The number of benzene rings is 1. The van der Waals surface area contributed by atoms with Gasteiger partial charge in [-0.05, 0) is 40.8 Å². The van der Waals surface area contributed by atoms with Crippen molar-refractivity contribution < 1.29 is 14.2 Å². The molecule has 1 aromatic carbocycles. The van der Waals surface area contributed by atoms with E-state index in [0.717, 1.165) is 31.0 Å². The molecule has 2 rings (SSSR count). The molecular weight excluding hydrogens is 489 g/mol. The van der Waals surface area contributed by atoms with Gasteiger partial charge in [-0.1, -0.05) is 13.0 Å². The minimum Gasteiger partial charge on any atom is -0.493 e. The van der Waals surface area contributed by atoms with Crippen molar-refractivity contribution in [3.8, 4) is 17.2 Å². The largest absolute Gasteiger partial charge is 0.493 e. The number of thiophene rings is 1. The van der Waals surface area contributed by atoms with Crippen LogP contribution in [0.5, 0.6) is 17.2 Å². The van der Waals surface area contributed by atoms with Crippen LogP contribution in [0.1, 0.15) is 24.0 Å². The molecule has 2 aromatic rings. The molecule has 2 N–H and O–H groups in total. The maximum Gasteiger partial charge on any atom is 0.203 e. The zero-order valence-corrected chi connectivity index (χ0v) is 20.2. The van der Waals surface area contributed by atoms with Crippen molar-refractivity contribution in [3.05, 3.63) is 40.1 Å². The molecule has 1 unspecified atom stereocenters. The fourth-order valence-electron chi connectivity index (χ4n) is 2.82. The molecule has 0 aliphatic carbocycles. The van der Waals surface area contributed by atoms with E-state index < -0.39 is 0 Å². The summed E-state index contributed by atoms with van der Waals surface area (Å²) in [5.41, 5.74) is 2.39. The predicted octanol–water partition coefficient (Wildman–Crippen LogP) is 3.90. The fourth-order valence-corrected chi connectivity index (χ4v) is 3.60. The van der Waals surface area contributed by atoms with Crippen molar-refractivity contribution in [2.24, 2.45) is 4.99 Å². The highest BCUT2D eigenvalue weighted by Gasteiger charge is 2.15. The first kappa shape index (κ1) is 24.4. The van der Waals surface area contributed by atoms with E-state index in [4.69, 9.17) is 14.2 Å². The van der Waals surface area contributed by atoms with Crippen LogP contribution in [0.15, 0.2) is 34.0 Å². The van der Waals surface area contributed by atoms with E-state index in [1.165, 1.54) is 5.56 Å². The van der Waals surface area contributed by atoms with Gasteiger partial charge in [0, 0.05) is 25.7 Å². The molecule has 1 aromatic heterocycles. The van der Waals surface area contributed by atoms with Gasteiger partial charge in [0.2, 0.25) is 5.75 Å². The fraction of sp³-hybridized carbons (Fsp3) is 0.450. The summed E-state index contributed by atoms with van der Waals surface area (Å²) in [7, 11) is 6.65. The maximum absolute atomic E-state index is 5.54. The zero-order valence-electron chi connectivity index (χ0n) is 17.1. The average molecular weight is 519 g/mol. The van der Waals surface area contributed by atoms with Gasteiger partial charge in [-0.15, -0.1) is 24.0 Å². The molecule has 0 bridgehead atoms. The summed E-state index contributed by atoms with van der Waals surface area (Å²) in [6.07, 6.45) is 0.768. The van der Waals surface area contributed by atoms with Crippen LogP contribution < -0.4 is 24.8 Å². The number of ether oxygens (including phenoxy) is 3. The van der Waals surface area contributed by atoms with Crippen molar-refractivity contribution >= 4 is 41.3 Å². The van der Waals surface area contributed by atoms with E-state index in [-0.39, 0.29) is 24.0 Å². The molecule has 0 saturated heterocycles. The second kappa shape index (κ2) is 12.7. The summed E-state index contributed by atoms with van der Waals surface area (Å²) in [6, 6.07) is 6.06. The molecule has 0 radical (unpaired) electrons. The van der Waals surface area contributed by atoms with Gasteiger partial charge >= 0.3 is 0 Å². The first-order valence-corrected chi connectivity index (χ1v) is 9.83.